The topological polar surface area (TPSA) is 82.8 Å². The van der Waals surface area contributed by atoms with Gasteiger partial charge in [0.1, 0.15) is 6.10 Å². The molecule has 2 heterocycles. The summed E-state index contributed by atoms with van der Waals surface area (Å²) in [6.07, 6.45) is -0.105. The molecule has 2 aliphatic heterocycles. The van der Waals surface area contributed by atoms with Crippen LogP contribution >= 0.6 is 0 Å². The highest BCUT2D eigenvalue weighted by atomic mass is 16.7. The van der Waals surface area contributed by atoms with Crippen LogP contribution in [0.2, 0.25) is 0 Å². The van der Waals surface area contributed by atoms with Crippen molar-refractivity contribution in [3.8, 4) is 0 Å². The molecule has 1 amide bonds. The minimum absolute atomic E-state index is 0.0826. The maximum atomic E-state index is 12.1. The molecular formula is C12H22N2O4. The van der Waals surface area contributed by atoms with E-state index in [0.29, 0.717) is 26.4 Å². The first-order valence-corrected chi connectivity index (χ1v) is 6.27. The third-order valence-electron chi connectivity index (χ3n) is 3.59. The average molecular weight is 258 g/mol. The number of carbonyl (C=O) groups excluding carboxylic acids is 1. The summed E-state index contributed by atoms with van der Waals surface area (Å²) >= 11 is 0. The monoisotopic (exact) mass is 258 g/mol. The van der Waals surface area contributed by atoms with Crippen LogP contribution in [0.25, 0.3) is 0 Å². The van der Waals surface area contributed by atoms with Crippen molar-refractivity contribution in [3.63, 3.8) is 0 Å². The average Bonchev–Trinajstić information content (AvgIpc) is 2.80. The maximum Gasteiger partial charge on any atom is 0.230 e. The summed E-state index contributed by atoms with van der Waals surface area (Å²) in [6, 6.07) is -0.255. The van der Waals surface area contributed by atoms with Gasteiger partial charge >= 0.3 is 0 Å². The lowest BCUT2D eigenvalue weighted by Crippen LogP contribution is -2.51. The standard InChI is InChI=1S/C12H22N2O4/c1-11(2)17-5-8(18-11)4-14-10(15)12(3)7-16-6-9(12)13/h8-9H,4-7,13H2,1-3H3,(H,14,15). The van der Waals surface area contributed by atoms with E-state index in [9.17, 15) is 4.79 Å². The van der Waals surface area contributed by atoms with Crippen molar-refractivity contribution >= 4 is 5.91 Å². The van der Waals surface area contributed by atoms with Crippen LogP contribution in [-0.4, -0.2) is 50.2 Å². The Hall–Kier alpha value is -0.690. The second-order valence-electron chi connectivity index (χ2n) is 5.70. The van der Waals surface area contributed by atoms with Crippen molar-refractivity contribution in [2.24, 2.45) is 11.1 Å². The molecule has 18 heavy (non-hydrogen) atoms. The summed E-state index contributed by atoms with van der Waals surface area (Å²) in [5.41, 5.74) is 5.26. The molecule has 104 valence electrons. The summed E-state index contributed by atoms with van der Waals surface area (Å²) < 4.78 is 16.3. The highest BCUT2D eigenvalue weighted by Crippen LogP contribution is 2.27. The van der Waals surface area contributed by atoms with Gasteiger partial charge in [-0.1, -0.05) is 0 Å². The molecule has 6 heteroatoms. The number of hydrogen-bond donors (Lipinski definition) is 2. The molecule has 0 aromatic heterocycles. The van der Waals surface area contributed by atoms with E-state index in [0.717, 1.165) is 0 Å². The zero-order chi connectivity index (χ0) is 13.4. The van der Waals surface area contributed by atoms with Crippen molar-refractivity contribution < 1.29 is 19.0 Å². The lowest BCUT2D eigenvalue weighted by molar-refractivity contribution is -0.141. The van der Waals surface area contributed by atoms with Crippen LogP contribution in [0.1, 0.15) is 20.8 Å². The van der Waals surface area contributed by atoms with Crippen molar-refractivity contribution in [2.45, 2.75) is 38.7 Å². The Morgan fingerprint density at radius 2 is 2.11 bits per heavy atom. The van der Waals surface area contributed by atoms with E-state index < -0.39 is 11.2 Å². The second kappa shape index (κ2) is 4.77. The number of amides is 1. The molecular weight excluding hydrogens is 236 g/mol. The van der Waals surface area contributed by atoms with Gasteiger partial charge in [-0.2, -0.15) is 0 Å². The van der Waals surface area contributed by atoms with Gasteiger partial charge in [-0.05, 0) is 20.8 Å². The van der Waals surface area contributed by atoms with Gasteiger partial charge in [0.25, 0.3) is 0 Å². The molecule has 0 radical (unpaired) electrons. The molecule has 2 rings (SSSR count). The van der Waals surface area contributed by atoms with Gasteiger partial charge in [0.2, 0.25) is 5.91 Å². The number of nitrogens with two attached hydrogens (primary N) is 1. The molecule has 0 spiro atoms. The fourth-order valence-electron chi connectivity index (χ4n) is 2.19. The van der Waals surface area contributed by atoms with Crippen LogP contribution in [0.4, 0.5) is 0 Å². The zero-order valence-corrected chi connectivity index (χ0v) is 11.2. The first-order chi connectivity index (χ1) is 8.33. The van der Waals surface area contributed by atoms with Crippen LogP contribution in [-0.2, 0) is 19.0 Å². The molecule has 3 atom stereocenters. The number of ether oxygens (including phenoxy) is 3. The highest BCUT2D eigenvalue weighted by Gasteiger charge is 2.44. The van der Waals surface area contributed by atoms with Crippen molar-refractivity contribution in [2.75, 3.05) is 26.4 Å². The predicted octanol–water partition coefficient (Wildman–Crippen LogP) is -0.382. The summed E-state index contributed by atoms with van der Waals surface area (Å²) in [5, 5.41) is 2.87. The van der Waals surface area contributed by atoms with Crippen LogP contribution in [0.5, 0.6) is 0 Å². The number of carbonyl (C=O) groups is 1. The Kier molecular flexibility index (Phi) is 3.64. The highest BCUT2D eigenvalue weighted by molar-refractivity contribution is 5.83. The molecule has 0 aromatic rings. The number of nitrogens with one attached hydrogen (secondary N) is 1. The van der Waals surface area contributed by atoms with Gasteiger partial charge < -0.3 is 25.3 Å². The van der Waals surface area contributed by atoms with Crippen LogP contribution < -0.4 is 11.1 Å². The van der Waals surface area contributed by atoms with Crippen LogP contribution in [0, 0.1) is 5.41 Å². The third kappa shape index (κ3) is 2.66. The first kappa shape index (κ1) is 13.7. The fourth-order valence-corrected chi connectivity index (χ4v) is 2.19. The molecule has 0 aliphatic carbocycles. The summed E-state index contributed by atoms with van der Waals surface area (Å²) in [5.74, 6) is -0.646. The molecule has 2 saturated heterocycles. The van der Waals surface area contributed by atoms with Gasteiger partial charge in [0.05, 0.1) is 25.2 Å². The van der Waals surface area contributed by atoms with E-state index in [4.69, 9.17) is 19.9 Å². The Balaban J connectivity index is 1.82. The summed E-state index contributed by atoms with van der Waals surface area (Å²) in [6.45, 7) is 7.27. The maximum absolute atomic E-state index is 12.1. The van der Waals surface area contributed by atoms with Gasteiger partial charge in [0, 0.05) is 12.6 Å². The van der Waals surface area contributed by atoms with Crippen molar-refractivity contribution in [1.29, 1.82) is 0 Å². The van der Waals surface area contributed by atoms with E-state index in [1.807, 2.05) is 20.8 Å². The quantitative estimate of drug-likeness (QED) is 0.721. The van der Waals surface area contributed by atoms with Crippen molar-refractivity contribution in [3.05, 3.63) is 0 Å². The normalized spacial score (nSPS) is 38.9. The van der Waals surface area contributed by atoms with Gasteiger partial charge in [-0.25, -0.2) is 0 Å². The SMILES string of the molecule is CC1(C)OCC(CNC(=O)C2(C)COCC2N)O1. The van der Waals surface area contributed by atoms with Crippen LogP contribution in [0.3, 0.4) is 0 Å². The summed E-state index contributed by atoms with van der Waals surface area (Å²) in [7, 11) is 0. The van der Waals surface area contributed by atoms with Gasteiger partial charge in [-0.15, -0.1) is 0 Å². The minimum Gasteiger partial charge on any atom is -0.379 e. The lowest BCUT2D eigenvalue weighted by atomic mass is 9.85. The first-order valence-electron chi connectivity index (χ1n) is 6.27. The Morgan fingerprint density at radius 3 is 2.61 bits per heavy atom. The number of rotatable bonds is 3. The van der Waals surface area contributed by atoms with Gasteiger partial charge in [-0.3, -0.25) is 4.79 Å². The Bertz CT molecular complexity index is 334. The molecule has 3 N–H and O–H groups in total. The Labute approximate surface area is 107 Å². The Morgan fingerprint density at radius 1 is 1.39 bits per heavy atom. The molecule has 3 unspecified atom stereocenters. The number of hydrogen-bond acceptors (Lipinski definition) is 5. The van der Waals surface area contributed by atoms with Crippen LogP contribution in [0.15, 0.2) is 0 Å². The van der Waals surface area contributed by atoms with Crippen molar-refractivity contribution in [1.82, 2.24) is 5.32 Å². The van der Waals surface area contributed by atoms with E-state index in [2.05, 4.69) is 5.32 Å². The molecule has 6 nitrogen and oxygen atoms in total. The molecule has 2 fully saturated rings. The largest absolute Gasteiger partial charge is 0.379 e. The summed E-state index contributed by atoms with van der Waals surface area (Å²) in [4.78, 5) is 12.1. The molecule has 0 bridgehead atoms. The second-order valence-corrected chi connectivity index (χ2v) is 5.70. The predicted molar refractivity (Wildman–Crippen MR) is 64.8 cm³/mol. The zero-order valence-electron chi connectivity index (χ0n) is 11.2. The molecule has 2 aliphatic rings. The van der Waals surface area contributed by atoms with E-state index >= 15 is 0 Å². The lowest BCUT2D eigenvalue weighted by Gasteiger charge is -2.26. The van der Waals surface area contributed by atoms with E-state index in [1.54, 1.807) is 0 Å². The van der Waals surface area contributed by atoms with E-state index in [1.165, 1.54) is 0 Å². The van der Waals surface area contributed by atoms with E-state index in [-0.39, 0.29) is 18.1 Å². The smallest absolute Gasteiger partial charge is 0.230 e. The third-order valence-corrected chi connectivity index (χ3v) is 3.59. The molecule has 0 saturated carbocycles. The minimum atomic E-state index is -0.644. The van der Waals surface area contributed by atoms with Gasteiger partial charge in [0.15, 0.2) is 5.79 Å². The fraction of sp³-hybridized carbons (Fsp3) is 0.917. The molecule has 0 aromatic carbocycles.